The van der Waals surface area contributed by atoms with Crippen molar-refractivity contribution >= 4 is 28.7 Å². The normalized spacial score (nSPS) is 12.0. The molecule has 22 heavy (non-hydrogen) atoms. The number of hydrogen-bond donors (Lipinski definition) is 2. The van der Waals surface area contributed by atoms with Crippen molar-refractivity contribution in [3.8, 4) is 0 Å². The van der Waals surface area contributed by atoms with Crippen LogP contribution in [0.5, 0.6) is 0 Å². The number of nitrogens with one attached hydrogen (secondary N) is 1. The average Bonchev–Trinajstić information content (AvgIpc) is 2.93. The second-order valence-corrected chi connectivity index (χ2v) is 4.98. The molecule has 2 aromatic rings. The first kappa shape index (κ1) is 15.6. The van der Waals surface area contributed by atoms with E-state index in [9.17, 15) is 4.79 Å². The number of benzene rings is 1. The third-order valence-corrected chi connectivity index (χ3v) is 3.28. The quantitative estimate of drug-likeness (QED) is 0.292. The predicted octanol–water partition coefficient (Wildman–Crippen LogP) is 3.30. The number of para-hydroxylation sites is 1. The molecule has 0 radical (unpaired) electrons. The van der Waals surface area contributed by atoms with Gasteiger partial charge in [-0.1, -0.05) is 47.7 Å². The highest BCUT2D eigenvalue weighted by Crippen LogP contribution is 2.23. The van der Waals surface area contributed by atoms with E-state index in [2.05, 4.69) is 21.5 Å². The van der Waals surface area contributed by atoms with Gasteiger partial charge in [-0.15, -0.1) is 0 Å². The lowest BCUT2D eigenvalue weighted by Crippen LogP contribution is -2.18. The van der Waals surface area contributed by atoms with E-state index in [1.807, 2.05) is 37.3 Å². The molecule has 0 unspecified atom stereocenters. The van der Waals surface area contributed by atoms with Crippen molar-refractivity contribution < 1.29 is 14.7 Å². The maximum atomic E-state index is 11.5. The Kier molecular flexibility index (Phi) is 4.78. The van der Waals surface area contributed by atoms with E-state index in [1.54, 1.807) is 6.20 Å². The van der Waals surface area contributed by atoms with Crippen LogP contribution < -0.4 is 0 Å². The minimum absolute atomic E-state index is 0.0359. The molecule has 0 saturated carbocycles. The standard InChI is InChI=1S/C17H18N2O3/c1-11(2)7-8-12-5-4-6-14-13(10-18-16(12)14)9-15(19-21)17(20)22-3/h4-8,10,18,21H,1,9H2,2-3H3/b8-7+,19-15+. The Bertz CT molecular complexity index is 769. The summed E-state index contributed by atoms with van der Waals surface area (Å²) in [7, 11) is 1.25. The molecule has 0 aliphatic heterocycles. The molecule has 1 heterocycles. The molecule has 1 aromatic carbocycles. The van der Waals surface area contributed by atoms with E-state index in [4.69, 9.17) is 5.21 Å². The van der Waals surface area contributed by atoms with Gasteiger partial charge in [-0.2, -0.15) is 0 Å². The monoisotopic (exact) mass is 298 g/mol. The summed E-state index contributed by atoms with van der Waals surface area (Å²) in [6.07, 6.45) is 5.91. The summed E-state index contributed by atoms with van der Waals surface area (Å²) < 4.78 is 4.59. The summed E-state index contributed by atoms with van der Waals surface area (Å²) >= 11 is 0. The lowest BCUT2D eigenvalue weighted by molar-refractivity contribution is -0.132. The number of carbonyl (C=O) groups excluding carboxylic acids is 1. The number of aromatic nitrogens is 1. The number of H-pyrrole nitrogens is 1. The average molecular weight is 298 g/mol. The number of ether oxygens (including phenoxy) is 1. The number of aromatic amines is 1. The first-order valence-electron chi connectivity index (χ1n) is 6.78. The van der Waals surface area contributed by atoms with E-state index in [0.29, 0.717) is 0 Å². The Hall–Kier alpha value is -2.82. The second kappa shape index (κ2) is 6.76. The number of carbonyl (C=O) groups is 1. The Labute approximate surface area is 128 Å². The van der Waals surface area contributed by atoms with Gasteiger partial charge in [0, 0.05) is 18.0 Å². The lowest BCUT2D eigenvalue weighted by Gasteiger charge is -2.02. The van der Waals surface area contributed by atoms with E-state index in [-0.39, 0.29) is 12.1 Å². The van der Waals surface area contributed by atoms with E-state index < -0.39 is 5.97 Å². The molecule has 0 aliphatic rings. The number of allylic oxidation sites excluding steroid dienone is 2. The SMILES string of the molecule is C=C(C)/C=C/c1cccc2c(C/C(=N\O)C(=O)OC)c[nH]c12. The van der Waals surface area contributed by atoms with Crippen LogP contribution in [0.25, 0.3) is 17.0 Å². The number of hydrogen-bond acceptors (Lipinski definition) is 4. The highest BCUT2D eigenvalue weighted by atomic mass is 16.5. The van der Waals surface area contributed by atoms with Crippen molar-refractivity contribution in [3.05, 3.63) is 53.8 Å². The van der Waals surface area contributed by atoms with Crippen molar-refractivity contribution in [2.45, 2.75) is 13.3 Å². The summed E-state index contributed by atoms with van der Waals surface area (Å²) in [6.45, 7) is 5.77. The fourth-order valence-corrected chi connectivity index (χ4v) is 2.20. The maximum absolute atomic E-state index is 11.5. The van der Waals surface area contributed by atoms with Crippen molar-refractivity contribution in [1.82, 2.24) is 4.98 Å². The van der Waals surface area contributed by atoms with Crippen LogP contribution in [0.2, 0.25) is 0 Å². The van der Waals surface area contributed by atoms with Gasteiger partial charge in [0.15, 0.2) is 5.71 Å². The van der Waals surface area contributed by atoms with Crippen molar-refractivity contribution in [2.24, 2.45) is 5.16 Å². The molecule has 0 bridgehead atoms. The zero-order valence-corrected chi connectivity index (χ0v) is 12.6. The third-order valence-electron chi connectivity index (χ3n) is 3.28. The van der Waals surface area contributed by atoms with E-state index in [1.165, 1.54) is 7.11 Å². The van der Waals surface area contributed by atoms with Crippen LogP contribution in [-0.4, -0.2) is 29.0 Å². The molecule has 5 heteroatoms. The highest BCUT2D eigenvalue weighted by Gasteiger charge is 2.16. The summed E-state index contributed by atoms with van der Waals surface area (Å²) in [4.78, 5) is 14.7. The molecule has 1 aromatic heterocycles. The van der Waals surface area contributed by atoms with Crippen molar-refractivity contribution in [2.75, 3.05) is 7.11 Å². The number of rotatable bonds is 5. The molecule has 2 N–H and O–H groups in total. The molecule has 0 saturated heterocycles. The Morgan fingerprint density at radius 1 is 1.50 bits per heavy atom. The van der Waals surface area contributed by atoms with Crippen molar-refractivity contribution in [3.63, 3.8) is 0 Å². The zero-order valence-electron chi connectivity index (χ0n) is 12.6. The number of esters is 1. The molecule has 2 rings (SSSR count). The first-order chi connectivity index (χ1) is 10.6. The van der Waals surface area contributed by atoms with Gasteiger partial charge < -0.3 is 14.9 Å². The fraction of sp³-hybridized carbons (Fsp3) is 0.176. The van der Waals surface area contributed by atoms with Gasteiger partial charge in [0.25, 0.3) is 0 Å². The molecule has 0 fully saturated rings. The minimum Gasteiger partial charge on any atom is -0.464 e. The summed E-state index contributed by atoms with van der Waals surface area (Å²) in [5.41, 5.74) is 3.76. The summed E-state index contributed by atoms with van der Waals surface area (Å²) in [5.74, 6) is -0.643. The maximum Gasteiger partial charge on any atom is 0.356 e. The zero-order chi connectivity index (χ0) is 16.1. The molecule has 0 spiro atoms. The third kappa shape index (κ3) is 3.25. The molecule has 114 valence electrons. The van der Waals surface area contributed by atoms with Gasteiger partial charge in [-0.3, -0.25) is 0 Å². The molecule has 5 nitrogen and oxygen atoms in total. The fourth-order valence-electron chi connectivity index (χ4n) is 2.20. The first-order valence-corrected chi connectivity index (χ1v) is 6.78. The lowest BCUT2D eigenvalue weighted by atomic mass is 10.0. The number of nitrogens with zero attached hydrogens (tertiary/aromatic N) is 1. The van der Waals surface area contributed by atoms with Crippen LogP contribution in [0.4, 0.5) is 0 Å². The number of methoxy groups -OCH3 is 1. The van der Waals surface area contributed by atoms with Crippen LogP contribution in [0.15, 0.2) is 47.8 Å². The topological polar surface area (TPSA) is 74.7 Å². The predicted molar refractivity (Wildman–Crippen MR) is 87.1 cm³/mol. The molecule has 0 aliphatic carbocycles. The van der Waals surface area contributed by atoms with Crippen LogP contribution in [0.1, 0.15) is 18.1 Å². The van der Waals surface area contributed by atoms with Gasteiger partial charge in [0.1, 0.15) is 0 Å². The molecular weight excluding hydrogens is 280 g/mol. The van der Waals surface area contributed by atoms with E-state index >= 15 is 0 Å². The Morgan fingerprint density at radius 3 is 2.91 bits per heavy atom. The van der Waals surface area contributed by atoms with Gasteiger partial charge in [-0.25, -0.2) is 4.79 Å². The highest BCUT2D eigenvalue weighted by molar-refractivity contribution is 6.37. The smallest absolute Gasteiger partial charge is 0.356 e. The summed E-state index contributed by atoms with van der Waals surface area (Å²) in [6, 6.07) is 5.88. The van der Waals surface area contributed by atoms with Gasteiger partial charge >= 0.3 is 5.97 Å². The molecule has 0 amide bonds. The van der Waals surface area contributed by atoms with Gasteiger partial charge in [0.2, 0.25) is 0 Å². The Morgan fingerprint density at radius 2 is 2.27 bits per heavy atom. The van der Waals surface area contributed by atoms with Crippen molar-refractivity contribution in [1.29, 1.82) is 0 Å². The second-order valence-electron chi connectivity index (χ2n) is 4.98. The number of oxime groups is 1. The summed E-state index contributed by atoms with van der Waals surface area (Å²) in [5, 5.41) is 12.9. The largest absolute Gasteiger partial charge is 0.464 e. The van der Waals surface area contributed by atoms with Crippen LogP contribution in [0, 0.1) is 0 Å². The van der Waals surface area contributed by atoms with Gasteiger partial charge in [0.05, 0.1) is 12.6 Å². The molecule has 0 atom stereocenters. The molecular formula is C17H18N2O3. The van der Waals surface area contributed by atoms with Gasteiger partial charge in [-0.05, 0) is 18.1 Å². The van der Waals surface area contributed by atoms with Crippen LogP contribution >= 0.6 is 0 Å². The van der Waals surface area contributed by atoms with Crippen LogP contribution in [-0.2, 0) is 16.0 Å². The minimum atomic E-state index is -0.643. The van der Waals surface area contributed by atoms with E-state index in [0.717, 1.165) is 27.6 Å². The Balaban J connectivity index is 2.40. The number of fused-ring (bicyclic) bond motifs is 1. The van der Waals surface area contributed by atoms with Crippen LogP contribution in [0.3, 0.4) is 0 Å².